The Kier molecular flexibility index (Phi) is 4.11. The zero-order valence-corrected chi connectivity index (χ0v) is 15.6. The summed E-state index contributed by atoms with van der Waals surface area (Å²) in [5, 5.41) is 3.74. The highest BCUT2D eigenvalue weighted by molar-refractivity contribution is 6.05. The van der Waals surface area contributed by atoms with E-state index in [1.807, 2.05) is 37.3 Å². The largest absolute Gasteiger partial charge is 0.369 e. The molecule has 4 N–H and O–H groups in total. The summed E-state index contributed by atoms with van der Waals surface area (Å²) in [6, 6.07) is 12.7. The van der Waals surface area contributed by atoms with Crippen LogP contribution in [0, 0.1) is 0 Å². The highest BCUT2D eigenvalue weighted by Gasteiger charge is 2.36. The number of aromatic nitrogens is 2. The van der Waals surface area contributed by atoms with E-state index in [9.17, 15) is 9.59 Å². The molecule has 4 rings (SSSR count). The number of aromatic amines is 1. The molecule has 0 saturated carbocycles. The first kappa shape index (κ1) is 17.7. The van der Waals surface area contributed by atoms with E-state index in [0.717, 1.165) is 10.9 Å². The summed E-state index contributed by atoms with van der Waals surface area (Å²) in [6.07, 6.45) is 1.87. The van der Waals surface area contributed by atoms with Gasteiger partial charge in [0.15, 0.2) is 5.96 Å². The number of pyridine rings is 1. The fourth-order valence-corrected chi connectivity index (χ4v) is 3.29. The first-order valence-corrected chi connectivity index (χ1v) is 8.83. The van der Waals surface area contributed by atoms with Crippen LogP contribution in [0.1, 0.15) is 29.4 Å². The lowest BCUT2D eigenvalue weighted by Crippen LogP contribution is -2.47. The van der Waals surface area contributed by atoms with Crippen molar-refractivity contribution in [2.24, 2.45) is 10.7 Å². The highest BCUT2D eigenvalue weighted by Crippen LogP contribution is 2.34. The summed E-state index contributed by atoms with van der Waals surface area (Å²) in [7, 11) is 1.60. The molecule has 3 aromatic rings. The van der Waals surface area contributed by atoms with E-state index in [2.05, 4.69) is 20.3 Å². The minimum Gasteiger partial charge on any atom is -0.369 e. The number of hydrogen-bond donors (Lipinski definition) is 3. The Labute approximate surface area is 161 Å². The molecule has 1 aliphatic heterocycles. The third-order valence-electron chi connectivity index (χ3n) is 4.95. The number of amides is 2. The first-order valence-electron chi connectivity index (χ1n) is 8.83. The van der Waals surface area contributed by atoms with Crippen LogP contribution in [0.3, 0.4) is 0 Å². The Balaban J connectivity index is 1.60. The van der Waals surface area contributed by atoms with Crippen molar-refractivity contribution in [2.45, 2.75) is 18.9 Å². The third-order valence-corrected chi connectivity index (χ3v) is 4.95. The molecule has 0 spiro atoms. The van der Waals surface area contributed by atoms with Gasteiger partial charge < -0.3 is 16.0 Å². The Morgan fingerprint density at radius 3 is 2.86 bits per heavy atom. The zero-order valence-electron chi connectivity index (χ0n) is 15.6. The van der Waals surface area contributed by atoms with Crippen LogP contribution in [0.5, 0.6) is 0 Å². The maximum absolute atomic E-state index is 12.6. The van der Waals surface area contributed by atoms with Crippen LogP contribution in [-0.4, -0.2) is 39.7 Å². The van der Waals surface area contributed by atoms with Gasteiger partial charge in [-0.15, -0.1) is 0 Å². The molecule has 2 amide bonds. The number of carbonyl (C=O) groups excluding carboxylic acids is 2. The third kappa shape index (κ3) is 3.09. The van der Waals surface area contributed by atoms with Gasteiger partial charge in [0.05, 0.1) is 12.0 Å². The van der Waals surface area contributed by atoms with Gasteiger partial charge in [-0.3, -0.25) is 14.5 Å². The molecule has 3 heterocycles. The van der Waals surface area contributed by atoms with Crippen LogP contribution in [0.4, 0.5) is 5.69 Å². The number of fused-ring (bicyclic) bond motifs is 1. The normalized spacial score (nSPS) is 19.6. The maximum Gasteiger partial charge on any atom is 0.272 e. The van der Waals surface area contributed by atoms with Crippen molar-refractivity contribution in [1.29, 1.82) is 0 Å². The number of carbonyl (C=O) groups is 2. The highest BCUT2D eigenvalue weighted by atomic mass is 16.2. The van der Waals surface area contributed by atoms with E-state index in [1.54, 1.807) is 25.4 Å². The Bertz CT molecular complexity index is 1090. The minimum atomic E-state index is -0.778. The van der Waals surface area contributed by atoms with Crippen molar-refractivity contribution >= 4 is 34.5 Å². The van der Waals surface area contributed by atoms with Gasteiger partial charge >= 0.3 is 0 Å². The number of nitrogens with two attached hydrogens (primary N) is 1. The number of rotatable bonds is 3. The van der Waals surface area contributed by atoms with Crippen molar-refractivity contribution in [1.82, 2.24) is 14.9 Å². The second kappa shape index (κ2) is 6.49. The number of aliphatic imine (C=N–C) groups is 1. The molecular formula is C20H20N6O2. The lowest BCUT2D eigenvalue weighted by Gasteiger charge is -2.33. The van der Waals surface area contributed by atoms with Crippen LogP contribution >= 0.6 is 0 Å². The minimum absolute atomic E-state index is 0.102. The molecule has 142 valence electrons. The number of anilines is 1. The molecule has 0 aliphatic carbocycles. The van der Waals surface area contributed by atoms with Crippen LogP contribution in [-0.2, 0) is 10.3 Å². The van der Waals surface area contributed by atoms with Crippen LogP contribution in [0.2, 0.25) is 0 Å². The van der Waals surface area contributed by atoms with Gasteiger partial charge in [-0.2, -0.15) is 0 Å². The number of H-pyrrole nitrogens is 1. The summed E-state index contributed by atoms with van der Waals surface area (Å²) >= 11 is 0. The van der Waals surface area contributed by atoms with Crippen LogP contribution in [0.15, 0.2) is 53.7 Å². The molecular weight excluding hydrogens is 356 g/mol. The van der Waals surface area contributed by atoms with Crippen molar-refractivity contribution < 1.29 is 9.59 Å². The van der Waals surface area contributed by atoms with E-state index < -0.39 is 5.54 Å². The summed E-state index contributed by atoms with van der Waals surface area (Å²) in [5.74, 6) is -0.198. The van der Waals surface area contributed by atoms with Crippen molar-refractivity contribution in [2.75, 3.05) is 12.4 Å². The number of nitrogens with one attached hydrogen (secondary N) is 2. The molecule has 0 bridgehead atoms. The van der Waals surface area contributed by atoms with Crippen molar-refractivity contribution in [3.63, 3.8) is 0 Å². The fraction of sp³-hybridized carbons (Fsp3) is 0.200. The lowest BCUT2D eigenvalue weighted by molar-refractivity contribution is -0.128. The topological polar surface area (TPSA) is 116 Å². The predicted molar refractivity (Wildman–Crippen MR) is 107 cm³/mol. The predicted octanol–water partition coefficient (Wildman–Crippen LogP) is 2.21. The second-order valence-electron chi connectivity index (χ2n) is 7.03. The standard InChI is InChI=1S/C20H20N6O2/c1-20(11-16(27)26(2)19(21)25-20)13-6-3-7-14(10-13)23-18(28)15-9-12-5-4-8-22-17(12)24-15/h3-10H,11H2,1-2H3,(H2,21,25)(H,22,24)(H,23,28). The van der Waals surface area contributed by atoms with E-state index in [-0.39, 0.29) is 24.2 Å². The molecule has 8 heteroatoms. The van der Waals surface area contributed by atoms with Gasteiger partial charge in [-0.05, 0) is 42.8 Å². The van der Waals surface area contributed by atoms with Crippen molar-refractivity contribution in [3.05, 3.63) is 59.9 Å². The van der Waals surface area contributed by atoms with Gasteiger partial charge in [-0.1, -0.05) is 12.1 Å². The molecule has 1 aliphatic rings. The SMILES string of the molecule is CN1C(=O)CC(C)(c2cccc(NC(=O)c3cc4cccnc4[nH]3)c2)N=C1N. The Morgan fingerprint density at radius 2 is 2.11 bits per heavy atom. The molecule has 0 saturated heterocycles. The quantitative estimate of drug-likeness (QED) is 0.650. The van der Waals surface area contributed by atoms with Crippen molar-refractivity contribution in [3.8, 4) is 0 Å². The summed E-state index contributed by atoms with van der Waals surface area (Å²) in [4.78, 5) is 37.9. The molecule has 0 fully saturated rings. The van der Waals surface area contributed by atoms with Gasteiger partial charge in [0.25, 0.3) is 5.91 Å². The number of benzene rings is 1. The van der Waals surface area contributed by atoms with Gasteiger partial charge in [0.1, 0.15) is 11.3 Å². The molecule has 0 radical (unpaired) electrons. The van der Waals surface area contributed by atoms with Crippen LogP contribution in [0.25, 0.3) is 11.0 Å². The summed E-state index contributed by atoms with van der Waals surface area (Å²) in [6.45, 7) is 1.86. The molecule has 2 aromatic heterocycles. The molecule has 28 heavy (non-hydrogen) atoms. The lowest BCUT2D eigenvalue weighted by atomic mass is 9.87. The average molecular weight is 376 g/mol. The molecule has 8 nitrogen and oxygen atoms in total. The first-order chi connectivity index (χ1) is 13.4. The Hall–Kier alpha value is -3.68. The second-order valence-corrected chi connectivity index (χ2v) is 7.03. The van der Waals surface area contributed by atoms with E-state index in [0.29, 0.717) is 17.0 Å². The fourth-order valence-electron chi connectivity index (χ4n) is 3.29. The van der Waals surface area contributed by atoms with Gasteiger partial charge in [0, 0.05) is 24.3 Å². The number of nitrogens with zero attached hydrogens (tertiary/aromatic N) is 3. The summed E-state index contributed by atoms with van der Waals surface area (Å²) < 4.78 is 0. The molecule has 1 aromatic carbocycles. The molecule has 1 unspecified atom stereocenters. The van der Waals surface area contributed by atoms with E-state index in [4.69, 9.17) is 5.73 Å². The van der Waals surface area contributed by atoms with Gasteiger partial charge in [0.2, 0.25) is 5.91 Å². The van der Waals surface area contributed by atoms with Gasteiger partial charge in [-0.25, -0.2) is 9.98 Å². The Morgan fingerprint density at radius 1 is 1.29 bits per heavy atom. The summed E-state index contributed by atoms with van der Waals surface area (Å²) in [5.41, 5.74) is 7.59. The van der Waals surface area contributed by atoms with E-state index >= 15 is 0 Å². The monoisotopic (exact) mass is 376 g/mol. The maximum atomic E-state index is 12.6. The average Bonchev–Trinajstić information content (AvgIpc) is 3.11. The number of hydrogen-bond acceptors (Lipinski definition) is 5. The zero-order chi connectivity index (χ0) is 19.9. The smallest absolute Gasteiger partial charge is 0.272 e. The molecule has 1 atom stereocenters. The van der Waals surface area contributed by atoms with E-state index in [1.165, 1.54) is 4.90 Å². The number of guanidine groups is 1. The van der Waals surface area contributed by atoms with Crippen LogP contribution < -0.4 is 11.1 Å².